The molecule has 1 aromatic heterocycles. The van der Waals surface area contributed by atoms with Crippen LogP contribution in [0.5, 0.6) is 0 Å². The van der Waals surface area contributed by atoms with E-state index in [4.69, 9.17) is 0 Å². The molecule has 2 nitrogen and oxygen atoms in total. The zero-order chi connectivity index (χ0) is 6.10. The molecule has 0 unspecified atom stereocenters. The van der Waals surface area contributed by atoms with Gasteiger partial charge in [0.05, 0.1) is 6.33 Å². The first-order valence-corrected chi connectivity index (χ1v) is 3.27. The summed E-state index contributed by atoms with van der Waals surface area (Å²) in [6, 6.07) is 0. The number of rotatable bonds is 0. The SMILES string of the molecule is [CH]1CCc2cncn2C1. The van der Waals surface area contributed by atoms with Gasteiger partial charge in [-0.1, -0.05) is 0 Å². The first-order valence-electron chi connectivity index (χ1n) is 3.27. The Kier molecular flexibility index (Phi) is 1.04. The van der Waals surface area contributed by atoms with E-state index >= 15 is 0 Å². The molecule has 1 aliphatic heterocycles. The van der Waals surface area contributed by atoms with Crippen LogP contribution in [-0.4, -0.2) is 9.55 Å². The van der Waals surface area contributed by atoms with Crippen LogP contribution in [0, 0.1) is 6.42 Å². The van der Waals surface area contributed by atoms with E-state index in [2.05, 4.69) is 16.0 Å². The van der Waals surface area contributed by atoms with E-state index in [-0.39, 0.29) is 0 Å². The zero-order valence-electron chi connectivity index (χ0n) is 5.25. The van der Waals surface area contributed by atoms with Crippen LogP contribution in [0.4, 0.5) is 0 Å². The highest BCUT2D eigenvalue weighted by Gasteiger charge is 2.06. The molecule has 0 N–H and O–H groups in total. The molecule has 2 heteroatoms. The van der Waals surface area contributed by atoms with Crippen molar-refractivity contribution < 1.29 is 0 Å². The van der Waals surface area contributed by atoms with Crippen molar-refractivity contribution in [3.05, 3.63) is 24.6 Å². The molecule has 47 valence electrons. The predicted molar refractivity (Wildman–Crippen MR) is 34.8 cm³/mol. The molecular formula is C7H9N2. The summed E-state index contributed by atoms with van der Waals surface area (Å²) in [5.41, 5.74) is 1.37. The molecule has 0 saturated heterocycles. The number of hydrogen-bond acceptors (Lipinski definition) is 1. The Hall–Kier alpha value is -0.790. The van der Waals surface area contributed by atoms with Crippen LogP contribution in [-0.2, 0) is 13.0 Å². The van der Waals surface area contributed by atoms with E-state index in [1.54, 1.807) is 0 Å². The molecule has 2 heterocycles. The molecule has 1 aliphatic rings. The van der Waals surface area contributed by atoms with E-state index in [0.717, 1.165) is 6.54 Å². The quantitative estimate of drug-likeness (QED) is 0.501. The van der Waals surface area contributed by atoms with Crippen molar-refractivity contribution in [2.45, 2.75) is 19.4 Å². The molecule has 0 atom stereocenters. The largest absolute Gasteiger partial charge is 0.334 e. The van der Waals surface area contributed by atoms with Gasteiger partial charge in [-0.05, 0) is 19.3 Å². The van der Waals surface area contributed by atoms with Gasteiger partial charge in [0.15, 0.2) is 0 Å². The minimum Gasteiger partial charge on any atom is -0.334 e. The lowest BCUT2D eigenvalue weighted by molar-refractivity contribution is 0.635. The topological polar surface area (TPSA) is 17.8 Å². The minimum atomic E-state index is 1.05. The highest BCUT2D eigenvalue weighted by molar-refractivity contribution is 5.03. The molecule has 0 fully saturated rings. The monoisotopic (exact) mass is 121 g/mol. The molecule has 2 rings (SSSR count). The van der Waals surface area contributed by atoms with E-state index in [0.29, 0.717) is 0 Å². The zero-order valence-corrected chi connectivity index (χ0v) is 5.25. The summed E-state index contributed by atoms with van der Waals surface area (Å²) in [6.07, 6.45) is 8.51. The molecular weight excluding hydrogens is 112 g/mol. The Morgan fingerprint density at radius 3 is 3.44 bits per heavy atom. The normalized spacial score (nSPS) is 17.3. The Morgan fingerprint density at radius 2 is 2.56 bits per heavy atom. The molecule has 0 saturated carbocycles. The Labute approximate surface area is 54.5 Å². The lowest BCUT2D eigenvalue weighted by Crippen LogP contribution is -2.08. The van der Waals surface area contributed by atoms with Crippen molar-refractivity contribution >= 4 is 0 Å². The smallest absolute Gasteiger partial charge is 0.0948 e. The van der Waals surface area contributed by atoms with Gasteiger partial charge in [-0.25, -0.2) is 4.98 Å². The summed E-state index contributed by atoms with van der Waals surface area (Å²) < 4.78 is 2.18. The molecule has 1 radical (unpaired) electrons. The molecule has 0 aliphatic carbocycles. The molecule has 9 heavy (non-hydrogen) atoms. The van der Waals surface area contributed by atoms with Crippen LogP contribution in [0.3, 0.4) is 0 Å². The van der Waals surface area contributed by atoms with Gasteiger partial charge in [-0.3, -0.25) is 0 Å². The Balaban J connectivity index is 2.39. The van der Waals surface area contributed by atoms with Gasteiger partial charge in [-0.15, -0.1) is 0 Å². The minimum absolute atomic E-state index is 1.05. The van der Waals surface area contributed by atoms with Crippen LogP contribution in [0.25, 0.3) is 0 Å². The lowest BCUT2D eigenvalue weighted by atomic mass is 10.1. The molecule has 1 aromatic rings. The first-order chi connectivity index (χ1) is 4.47. The van der Waals surface area contributed by atoms with Gasteiger partial charge in [0.2, 0.25) is 0 Å². The second-order valence-corrected chi connectivity index (χ2v) is 2.36. The number of fused-ring (bicyclic) bond motifs is 1. The van der Waals surface area contributed by atoms with Gasteiger partial charge < -0.3 is 4.57 Å². The third-order valence-corrected chi connectivity index (χ3v) is 1.73. The van der Waals surface area contributed by atoms with E-state index < -0.39 is 0 Å². The second kappa shape index (κ2) is 1.87. The molecule has 0 aromatic carbocycles. The summed E-state index contributed by atoms with van der Waals surface area (Å²) >= 11 is 0. The average molecular weight is 121 g/mol. The Bertz CT molecular complexity index is 182. The summed E-state index contributed by atoms with van der Waals surface area (Å²) in [6.45, 7) is 1.05. The van der Waals surface area contributed by atoms with Gasteiger partial charge in [0, 0.05) is 18.4 Å². The third-order valence-electron chi connectivity index (χ3n) is 1.73. The maximum atomic E-state index is 4.05. The number of aromatic nitrogens is 2. The fraction of sp³-hybridized carbons (Fsp3) is 0.429. The number of aryl methyl sites for hydroxylation is 1. The van der Waals surface area contributed by atoms with E-state index in [1.165, 1.54) is 18.5 Å². The average Bonchev–Trinajstić information content (AvgIpc) is 2.33. The van der Waals surface area contributed by atoms with Gasteiger partial charge in [0.25, 0.3) is 0 Å². The fourth-order valence-corrected chi connectivity index (χ4v) is 1.20. The predicted octanol–water partition coefficient (Wildman–Crippen LogP) is 1.03. The van der Waals surface area contributed by atoms with Crippen molar-refractivity contribution in [2.75, 3.05) is 0 Å². The lowest BCUT2D eigenvalue weighted by Gasteiger charge is -2.12. The van der Waals surface area contributed by atoms with Crippen molar-refractivity contribution in [1.29, 1.82) is 0 Å². The van der Waals surface area contributed by atoms with Crippen molar-refractivity contribution in [1.82, 2.24) is 9.55 Å². The summed E-state index contributed by atoms with van der Waals surface area (Å²) in [4.78, 5) is 4.05. The summed E-state index contributed by atoms with van der Waals surface area (Å²) in [7, 11) is 0. The van der Waals surface area contributed by atoms with Gasteiger partial charge in [-0.2, -0.15) is 0 Å². The van der Waals surface area contributed by atoms with Crippen LogP contribution < -0.4 is 0 Å². The summed E-state index contributed by atoms with van der Waals surface area (Å²) in [5.74, 6) is 0. The number of imidazole rings is 1. The van der Waals surface area contributed by atoms with Crippen molar-refractivity contribution in [2.24, 2.45) is 0 Å². The van der Waals surface area contributed by atoms with Crippen LogP contribution >= 0.6 is 0 Å². The maximum absolute atomic E-state index is 4.05. The fourth-order valence-electron chi connectivity index (χ4n) is 1.20. The van der Waals surface area contributed by atoms with E-state index in [9.17, 15) is 0 Å². The van der Waals surface area contributed by atoms with Gasteiger partial charge >= 0.3 is 0 Å². The maximum Gasteiger partial charge on any atom is 0.0948 e. The highest BCUT2D eigenvalue weighted by atomic mass is 15.0. The standard InChI is InChI=1S/C7H9N2/c1-2-4-9-6-8-5-7(9)3-1/h2,5-6H,1,3-4H2. The van der Waals surface area contributed by atoms with Crippen molar-refractivity contribution in [3.63, 3.8) is 0 Å². The molecule has 0 spiro atoms. The number of nitrogens with zero attached hydrogens (tertiary/aromatic N) is 2. The molecule has 0 bridgehead atoms. The van der Waals surface area contributed by atoms with Gasteiger partial charge in [0.1, 0.15) is 0 Å². The Morgan fingerprint density at radius 1 is 1.56 bits per heavy atom. The summed E-state index contributed by atoms with van der Waals surface area (Å²) in [5, 5.41) is 0. The third kappa shape index (κ3) is 0.745. The first kappa shape index (κ1) is 5.03. The second-order valence-electron chi connectivity index (χ2n) is 2.36. The van der Waals surface area contributed by atoms with Crippen LogP contribution in [0.15, 0.2) is 12.5 Å². The van der Waals surface area contributed by atoms with E-state index in [1.807, 2.05) is 12.5 Å². The van der Waals surface area contributed by atoms with Crippen LogP contribution in [0.2, 0.25) is 0 Å². The highest BCUT2D eigenvalue weighted by Crippen LogP contribution is 2.11. The van der Waals surface area contributed by atoms with Crippen LogP contribution in [0.1, 0.15) is 12.1 Å². The van der Waals surface area contributed by atoms with Crippen molar-refractivity contribution in [3.8, 4) is 0 Å². The number of hydrogen-bond donors (Lipinski definition) is 0. The molecule has 0 amide bonds.